The molecule has 0 saturated heterocycles. The molecule has 0 spiro atoms. The molecule has 178 valence electrons. The van der Waals surface area contributed by atoms with Crippen LogP contribution in [0, 0.1) is 16.7 Å². The number of likely N-dealkylation sites (N-methyl/N-ethyl adjacent to an activating group) is 1. The highest BCUT2D eigenvalue weighted by molar-refractivity contribution is 5.79. The van der Waals surface area contributed by atoms with Crippen LogP contribution in [0.4, 0.5) is 4.79 Å². The molecule has 2 rings (SSSR count). The zero-order valence-corrected chi connectivity index (χ0v) is 19.6. The van der Waals surface area contributed by atoms with E-state index < -0.39 is 12.0 Å². The fourth-order valence-electron chi connectivity index (χ4n) is 4.95. The number of rotatable bonds is 10. The van der Waals surface area contributed by atoms with E-state index in [1.807, 2.05) is 30.3 Å². The summed E-state index contributed by atoms with van der Waals surface area (Å²) in [5.74, 6) is -0.401. The van der Waals surface area contributed by atoms with Gasteiger partial charge in [-0.25, -0.2) is 4.79 Å². The van der Waals surface area contributed by atoms with Gasteiger partial charge in [0, 0.05) is 20.0 Å². The second-order valence-corrected chi connectivity index (χ2v) is 9.92. The summed E-state index contributed by atoms with van der Waals surface area (Å²) in [7, 11) is 1.46. The van der Waals surface area contributed by atoms with Gasteiger partial charge in [0.25, 0.3) is 0 Å². The molecule has 8 nitrogen and oxygen atoms in total. The molecule has 1 aliphatic carbocycles. The molecule has 2 unspecified atom stereocenters. The van der Waals surface area contributed by atoms with Gasteiger partial charge in [-0.05, 0) is 48.1 Å². The Labute approximate surface area is 190 Å². The van der Waals surface area contributed by atoms with Crippen molar-refractivity contribution in [2.24, 2.45) is 16.7 Å². The molecule has 8 heteroatoms. The first kappa shape index (κ1) is 25.5. The summed E-state index contributed by atoms with van der Waals surface area (Å²) in [6.45, 7) is 7.04. The van der Waals surface area contributed by atoms with E-state index in [2.05, 4.69) is 26.1 Å². The standard InChI is InChI=1S/C24H36N2O6/c1-23(2)13-18(12-21(29)32-11-10-31-19-8-6-5-7-9-19)14-24(3,16-23)17-25-22(30)26(4)15-20(27)28/h5-9,18H,10-17H2,1-4H3,(H,25,30)(H,27,28). The first-order chi connectivity index (χ1) is 15.0. The minimum absolute atomic E-state index is 0.0199. The third-order valence-electron chi connectivity index (χ3n) is 5.73. The Morgan fingerprint density at radius 2 is 1.81 bits per heavy atom. The summed E-state index contributed by atoms with van der Waals surface area (Å²) in [4.78, 5) is 36.5. The van der Waals surface area contributed by atoms with E-state index in [-0.39, 0.29) is 35.9 Å². The average molecular weight is 449 g/mol. The van der Waals surface area contributed by atoms with Crippen molar-refractivity contribution in [3.05, 3.63) is 30.3 Å². The first-order valence-electron chi connectivity index (χ1n) is 11.0. The number of benzene rings is 1. The molecule has 0 aliphatic heterocycles. The predicted molar refractivity (Wildman–Crippen MR) is 120 cm³/mol. The van der Waals surface area contributed by atoms with Gasteiger partial charge in [-0.15, -0.1) is 0 Å². The number of amides is 2. The molecule has 2 amide bonds. The van der Waals surface area contributed by atoms with Crippen molar-refractivity contribution in [2.45, 2.75) is 46.5 Å². The molecular formula is C24H36N2O6. The van der Waals surface area contributed by atoms with Gasteiger partial charge in [-0.2, -0.15) is 0 Å². The Balaban J connectivity index is 1.81. The van der Waals surface area contributed by atoms with Crippen LogP contribution in [-0.4, -0.2) is 61.3 Å². The largest absolute Gasteiger partial charge is 0.490 e. The summed E-state index contributed by atoms with van der Waals surface area (Å²) in [6, 6.07) is 8.97. The van der Waals surface area contributed by atoms with Crippen molar-refractivity contribution in [1.29, 1.82) is 0 Å². The Morgan fingerprint density at radius 1 is 1.12 bits per heavy atom. The van der Waals surface area contributed by atoms with Gasteiger partial charge in [0.2, 0.25) is 0 Å². The maximum Gasteiger partial charge on any atom is 0.323 e. The number of hydrogen-bond acceptors (Lipinski definition) is 5. The van der Waals surface area contributed by atoms with Crippen LogP contribution in [-0.2, 0) is 14.3 Å². The van der Waals surface area contributed by atoms with Crippen molar-refractivity contribution in [3.8, 4) is 5.75 Å². The van der Waals surface area contributed by atoms with Gasteiger partial charge < -0.3 is 24.8 Å². The fraction of sp³-hybridized carbons (Fsp3) is 0.625. The lowest BCUT2D eigenvalue weighted by molar-refractivity contribution is -0.146. The Bertz CT molecular complexity index is 782. The van der Waals surface area contributed by atoms with Crippen LogP contribution in [0.1, 0.15) is 46.5 Å². The van der Waals surface area contributed by atoms with Crippen molar-refractivity contribution in [3.63, 3.8) is 0 Å². The van der Waals surface area contributed by atoms with Crippen LogP contribution >= 0.6 is 0 Å². The Hall–Kier alpha value is -2.77. The number of nitrogens with zero attached hydrogens (tertiary/aromatic N) is 1. The average Bonchev–Trinajstić information content (AvgIpc) is 2.68. The van der Waals surface area contributed by atoms with E-state index in [1.54, 1.807) is 0 Å². The van der Waals surface area contributed by atoms with E-state index in [0.717, 1.165) is 29.9 Å². The fourth-order valence-corrected chi connectivity index (χ4v) is 4.95. The second kappa shape index (κ2) is 11.2. The molecule has 0 heterocycles. The van der Waals surface area contributed by atoms with Gasteiger partial charge >= 0.3 is 18.0 Å². The number of esters is 1. The topological polar surface area (TPSA) is 105 Å². The third kappa shape index (κ3) is 8.77. The maximum atomic E-state index is 12.4. The van der Waals surface area contributed by atoms with Crippen molar-refractivity contribution in [1.82, 2.24) is 10.2 Å². The van der Waals surface area contributed by atoms with Crippen LogP contribution in [0.25, 0.3) is 0 Å². The lowest BCUT2D eigenvalue weighted by Gasteiger charge is -2.46. The Kier molecular flexibility index (Phi) is 8.92. The number of para-hydroxylation sites is 1. The van der Waals surface area contributed by atoms with Gasteiger partial charge in [-0.1, -0.05) is 39.0 Å². The van der Waals surface area contributed by atoms with E-state index in [4.69, 9.17) is 14.6 Å². The van der Waals surface area contributed by atoms with Gasteiger partial charge in [0.15, 0.2) is 0 Å². The lowest BCUT2D eigenvalue weighted by atomic mass is 9.60. The zero-order valence-electron chi connectivity index (χ0n) is 19.6. The SMILES string of the molecule is CN(CC(=O)O)C(=O)NCC1(C)CC(CC(=O)OCCOc2ccccc2)CC(C)(C)C1. The number of urea groups is 1. The minimum atomic E-state index is -1.06. The number of hydrogen-bond donors (Lipinski definition) is 2. The number of carbonyl (C=O) groups is 3. The van der Waals surface area contributed by atoms with Crippen LogP contribution in [0.5, 0.6) is 5.75 Å². The van der Waals surface area contributed by atoms with Crippen LogP contribution in [0.2, 0.25) is 0 Å². The molecule has 1 aromatic carbocycles. The van der Waals surface area contributed by atoms with Gasteiger partial charge in [0.05, 0.1) is 0 Å². The minimum Gasteiger partial charge on any atom is -0.490 e. The third-order valence-corrected chi connectivity index (χ3v) is 5.73. The molecule has 0 bridgehead atoms. The summed E-state index contributed by atoms with van der Waals surface area (Å²) in [5, 5.41) is 11.7. The molecule has 1 fully saturated rings. The number of nitrogens with one attached hydrogen (secondary N) is 1. The van der Waals surface area contributed by atoms with E-state index in [1.165, 1.54) is 7.05 Å². The van der Waals surface area contributed by atoms with Crippen molar-refractivity contribution in [2.75, 3.05) is 33.4 Å². The van der Waals surface area contributed by atoms with Crippen LogP contribution in [0.3, 0.4) is 0 Å². The number of carbonyl (C=O) groups excluding carboxylic acids is 2. The number of aliphatic carboxylic acids is 1. The molecule has 2 N–H and O–H groups in total. The van der Waals surface area contributed by atoms with E-state index in [0.29, 0.717) is 19.6 Å². The number of carboxylic acid groups (broad SMARTS) is 1. The molecule has 32 heavy (non-hydrogen) atoms. The van der Waals surface area contributed by atoms with Gasteiger partial charge in [-0.3, -0.25) is 9.59 Å². The quantitative estimate of drug-likeness (QED) is 0.419. The zero-order chi connectivity index (χ0) is 23.8. The molecule has 0 aromatic heterocycles. The molecule has 0 radical (unpaired) electrons. The smallest absolute Gasteiger partial charge is 0.323 e. The van der Waals surface area contributed by atoms with Crippen LogP contribution < -0.4 is 10.1 Å². The summed E-state index contributed by atoms with van der Waals surface area (Å²) < 4.78 is 10.9. The lowest BCUT2D eigenvalue weighted by Crippen LogP contribution is -2.47. The summed E-state index contributed by atoms with van der Waals surface area (Å²) >= 11 is 0. The van der Waals surface area contributed by atoms with E-state index >= 15 is 0 Å². The number of ether oxygens (including phenoxy) is 2. The maximum absolute atomic E-state index is 12.4. The summed E-state index contributed by atoms with van der Waals surface area (Å²) in [5.41, 5.74) is -0.172. The Morgan fingerprint density at radius 3 is 2.47 bits per heavy atom. The highest BCUT2D eigenvalue weighted by Gasteiger charge is 2.42. The first-order valence-corrected chi connectivity index (χ1v) is 11.0. The predicted octanol–water partition coefficient (Wildman–Crippen LogP) is 3.56. The second-order valence-electron chi connectivity index (χ2n) is 9.92. The van der Waals surface area contributed by atoms with Crippen molar-refractivity contribution >= 4 is 18.0 Å². The molecule has 1 aromatic rings. The normalized spacial score (nSPS) is 21.9. The molecule has 1 aliphatic rings. The molecule has 2 atom stereocenters. The van der Waals surface area contributed by atoms with Gasteiger partial charge in [0.1, 0.15) is 25.5 Å². The van der Waals surface area contributed by atoms with Crippen molar-refractivity contribution < 1.29 is 29.0 Å². The molecule has 1 saturated carbocycles. The number of carboxylic acids is 1. The summed E-state index contributed by atoms with van der Waals surface area (Å²) in [6.07, 6.45) is 2.93. The monoisotopic (exact) mass is 448 g/mol. The highest BCUT2D eigenvalue weighted by atomic mass is 16.6. The highest BCUT2D eigenvalue weighted by Crippen LogP contribution is 2.49. The van der Waals surface area contributed by atoms with E-state index in [9.17, 15) is 14.4 Å². The molecular weight excluding hydrogens is 412 g/mol. The van der Waals surface area contributed by atoms with Crippen LogP contribution in [0.15, 0.2) is 30.3 Å².